The number of carbonyl (C=O) groups excluding carboxylic acids is 2. The molecule has 1 aliphatic rings. The van der Waals surface area contributed by atoms with E-state index in [1.54, 1.807) is 17.9 Å². The van der Waals surface area contributed by atoms with E-state index in [4.69, 9.17) is 9.47 Å². The number of hydrogen-bond donors (Lipinski definition) is 0. The van der Waals surface area contributed by atoms with Crippen LogP contribution in [0.1, 0.15) is 60.8 Å². The predicted molar refractivity (Wildman–Crippen MR) is 92.3 cm³/mol. The smallest absolute Gasteiger partial charge is 0.410 e. The summed E-state index contributed by atoms with van der Waals surface area (Å²) in [6.07, 6.45) is 3.17. The average Bonchev–Trinajstić information content (AvgIpc) is 2.48. The number of amides is 1. The third-order valence-electron chi connectivity index (χ3n) is 3.62. The molecule has 0 aromatic rings. The Bertz CT molecular complexity index is 390. The Kier molecular flexibility index (Phi) is 8.95. The molecule has 5 heteroatoms. The van der Waals surface area contributed by atoms with E-state index in [0.717, 1.165) is 0 Å². The first-order chi connectivity index (χ1) is 10.7. The fourth-order valence-corrected chi connectivity index (χ4v) is 2.50. The number of nitrogens with zero attached hydrogens (tertiary/aromatic N) is 1. The number of piperidine rings is 1. The lowest BCUT2D eigenvalue weighted by Gasteiger charge is -2.39. The van der Waals surface area contributed by atoms with Gasteiger partial charge in [0.05, 0.1) is 12.0 Å². The zero-order valence-electron chi connectivity index (χ0n) is 15.6. The number of rotatable bonds is 4. The summed E-state index contributed by atoms with van der Waals surface area (Å²) >= 11 is 0. The summed E-state index contributed by atoms with van der Waals surface area (Å²) in [5.41, 5.74) is -1.05. The molecule has 134 valence electrons. The molecule has 23 heavy (non-hydrogen) atoms. The topological polar surface area (TPSA) is 55.8 Å². The SMILES string of the molecule is C=CCC1(C(=O)OCC)CCN(C(=O)OC(C)(C)C)CC1.CC. The maximum atomic E-state index is 12.2. The average molecular weight is 327 g/mol. The second kappa shape index (κ2) is 9.58. The molecular weight excluding hydrogens is 294 g/mol. The number of allylic oxidation sites excluding steroid dienone is 1. The minimum Gasteiger partial charge on any atom is -0.466 e. The Labute approximate surface area is 141 Å². The molecule has 1 heterocycles. The molecule has 0 N–H and O–H groups in total. The highest BCUT2D eigenvalue weighted by molar-refractivity contribution is 5.78. The third-order valence-corrected chi connectivity index (χ3v) is 3.62. The van der Waals surface area contributed by atoms with Crippen molar-refractivity contribution >= 4 is 12.1 Å². The molecule has 1 rings (SSSR count). The van der Waals surface area contributed by atoms with E-state index in [1.165, 1.54) is 0 Å². The summed E-state index contributed by atoms with van der Waals surface area (Å²) in [7, 11) is 0. The molecule has 0 bridgehead atoms. The van der Waals surface area contributed by atoms with Crippen molar-refractivity contribution in [3.05, 3.63) is 12.7 Å². The van der Waals surface area contributed by atoms with Crippen LogP contribution in [-0.2, 0) is 14.3 Å². The van der Waals surface area contributed by atoms with Gasteiger partial charge in [-0.3, -0.25) is 4.79 Å². The van der Waals surface area contributed by atoms with Crippen LogP contribution in [0.15, 0.2) is 12.7 Å². The van der Waals surface area contributed by atoms with Crippen molar-refractivity contribution in [2.75, 3.05) is 19.7 Å². The lowest BCUT2D eigenvalue weighted by Crippen LogP contribution is -2.48. The lowest BCUT2D eigenvalue weighted by atomic mass is 9.75. The molecule has 0 saturated carbocycles. The quantitative estimate of drug-likeness (QED) is 0.574. The van der Waals surface area contributed by atoms with Crippen LogP contribution in [0.25, 0.3) is 0 Å². The second-order valence-corrected chi connectivity index (χ2v) is 6.46. The van der Waals surface area contributed by atoms with E-state index in [9.17, 15) is 9.59 Å². The number of likely N-dealkylation sites (tertiary alicyclic amines) is 1. The van der Waals surface area contributed by atoms with Gasteiger partial charge in [-0.2, -0.15) is 0 Å². The first-order valence-electron chi connectivity index (χ1n) is 8.50. The normalized spacial score (nSPS) is 16.7. The first-order valence-corrected chi connectivity index (χ1v) is 8.50. The maximum Gasteiger partial charge on any atom is 0.410 e. The van der Waals surface area contributed by atoms with E-state index in [0.29, 0.717) is 39.0 Å². The Balaban J connectivity index is 0.00000232. The van der Waals surface area contributed by atoms with Crippen LogP contribution in [0.4, 0.5) is 4.79 Å². The zero-order chi connectivity index (χ0) is 18.1. The minimum atomic E-state index is -0.545. The van der Waals surface area contributed by atoms with Gasteiger partial charge in [0, 0.05) is 13.1 Å². The summed E-state index contributed by atoms with van der Waals surface area (Å²) in [5, 5.41) is 0. The molecule has 1 aliphatic heterocycles. The van der Waals surface area contributed by atoms with Crippen molar-refractivity contribution in [1.82, 2.24) is 4.90 Å². The van der Waals surface area contributed by atoms with Gasteiger partial charge in [0.1, 0.15) is 5.60 Å². The van der Waals surface area contributed by atoms with Crippen LogP contribution in [-0.4, -0.2) is 42.3 Å². The summed E-state index contributed by atoms with van der Waals surface area (Å²) < 4.78 is 10.6. The van der Waals surface area contributed by atoms with Gasteiger partial charge in [-0.15, -0.1) is 6.58 Å². The largest absolute Gasteiger partial charge is 0.466 e. The monoisotopic (exact) mass is 327 g/mol. The van der Waals surface area contributed by atoms with E-state index in [-0.39, 0.29) is 12.1 Å². The van der Waals surface area contributed by atoms with Crippen molar-refractivity contribution in [3.8, 4) is 0 Å². The maximum absolute atomic E-state index is 12.2. The van der Waals surface area contributed by atoms with Gasteiger partial charge in [0.2, 0.25) is 0 Å². The van der Waals surface area contributed by atoms with Gasteiger partial charge < -0.3 is 14.4 Å². The number of carbonyl (C=O) groups is 2. The van der Waals surface area contributed by atoms with Gasteiger partial charge in [0.15, 0.2) is 0 Å². The Morgan fingerprint density at radius 2 is 1.74 bits per heavy atom. The van der Waals surface area contributed by atoms with E-state index in [1.807, 2.05) is 34.6 Å². The molecule has 0 aromatic carbocycles. The van der Waals surface area contributed by atoms with Crippen LogP contribution >= 0.6 is 0 Å². The van der Waals surface area contributed by atoms with E-state index < -0.39 is 11.0 Å². The number of hydrogen-bond acceptors (Lipinski definition) is 4. The third kappa shape index (κ3) is 6.63. The van der Waals surface area contributed by atoms with Crippen molar-refractivity contribution < 1.29 is 19.1 Å². The molecule has 0 spiro atoms. The fraction of sp³-hybridized carbons (Fsp3) is 0.778. The molecule has 1 fully saturated rings. The molecule has 5 nitrogen and oxygen atoms in total. The summed E-state index contributed by atoms with van der Waals surface area (Å²) in [4.78, 5) is 25.9. The zero-order valence-corrected chi connectivity index (χ0v) is 15.6. The molecule has 0 atom stereocenters. The van der Waals surface area contributed by atoms with Crippen molar-refractivity contribution in [1.29, 1.82) is 0 Å². The molecular formula is C18H33NO4. The Hall–Kier alpha value is -1.52. The standard InChI is InChI=1S/C16H27NO4.C2H6/c1-6-8-16(13(18)20-7-2)9-11-17(12-10-16)14(19)21-15(3,4)5;1-2/h6H,1,7-12H2,2-5H3;1-2H3. The molecule has 0 aliphatic carbocycles. The van der Waals surface area contributed by atoms with Crippen molar-refractivity contribution in [2.45, 2.75) is 66.4 Å². The molecule has 0 unspecified atom stereocenters. The molecule has 0 radical (unpaired) electrons. The van der Waals surface area contributed by atoms with Crippen LogP contribution < -0.4 is 0 Å². The summed E-state index contributed by atoms with van der Waals surface area (Å²) in [6.45, 7) is 16.4. The minimum absolute atomic E-state index is 0.186. The fourth-order valence-electron chi connectivity index (χ4n) is 2.50. The van der Waals surface area contributed by atoms with Crippen LogP contribution in [0.3, 0.4) is 0 Å². The van der Waals surface area contributed by atoms with Crippen LogP contribution in [0.2, 0.25) is 0 Å². The highest BCUT2D eigenvalue weighted by atomic mass is 16.6. The van der Waals surface area contributed by atoms with E-state index >= 15 is 0 Å². The second-order valence-electron chi connectivity index (χ2n) is 6.46. The highest BCUT2D eigenvalue weighted by Crippen LogP contribution is 2.37. The Morgan fingerprint density at radius 1 is 1.22 bits per heavy atom. The molecule has 1 saturated heterocycles. The predicted octanol–water partition coefficient (Wildman–Crippen LogP) is 4.17. The van der Waals surface area contributed by atoms with E-state index in [2.05, 4.69) is 6.58 Å². The van der Waals surface area contributed by atoms with Crippen LogP contribution in [0, 0.1) is 5.41 Å². The summed E-state index contributed by atoms with van der Waals surface area (Å²) in [6, 6.07) is 0. The lowest BCUT2D eigenvalue weighted by molar-refractivity contribution is -0.158. The van der Waals surface area contributed by atoms with Crippen molar-refractivity contribution in [3.63, 3.8) is 0 Å². The summed E-state index contributed by atoms with van der Waals surface area (Å²) in [5.74, 6) is -0.186. The molecule has 0 aromatic heterocycles. The van der Waals surface area contributed by atoms with Gasteiger partial charge in [-0.25, -0.2) is 4.79 Å². The van der Waals surface area contributed by atoms with Crippen LogP contribution in [0.5, 0.6) is 0 Å². The van der Waals surface area contributed by atoms with Gasteiger partial charge in [-0.1, -0.05) is 19.9 Å². The first kappa shape index (κ1) is 21.5. The van der Waals surface area contributed by atoms with Gasteiger partial charge in [-0.05, 0) is 47.0 Å². The van der Waals surface area contributed by atoms with Crippen molar-refractivity contribution in [2.24, 2.45) is 5.41 Å². The Morgan fingerprint density at radius 3 is 2.13 bits per heavy atom. The van der Waals surface area contributed by atoms with Gasteiger partial charge in [0.25, 0.3) is 0 Å². The highest BCUT2D eigenvalue weighted by Gasteiger charge is 2.43. The number of esters is 1. The van der Waals surface area contributed by atoms with Gasteiger partial charge >= 0.3 is 12.1 Å². The molecule has 1 amide bonds. The number of ether oxygens (including phenoxy) is 2.